The Morgan fingerprint density at radius 1 is 1.26 bits per heavy atom. The maximum atomic E-state index is 12.7. The number of nitrogens with zero attached hydrogens (tertiary/aromatic N) is 5. The second-order valence-electron chi connectivity index (χ2n) is 6.17. The van der Waals surface area contributed by atoms with Crippen molar-refractivity contribution in [1.82, 2.24) is 24.7 Å². The van der Waals surface area contributed by atoms with Crippen LogP contribution in [0.5, 0.6) is 0 Å². The lowest BCUT2D eigenvalue weighted by molar-refractivity contribution is 0.0637. The number of carbonyl (C=O) groups excluding carboxylic acids is 1. The van der Waals surface area contributed by atoms with Crippen LogP contribution in [-0.2, 0) is 0 Å². The number of piperazine rings is 1. The quantitative estimate of drug-likeness (QED) is 0.825. The van der Waals surface area contributed by atoms with Crippen LogP contribution in [0.3, 0.4) is 0 Å². The molecule has 2 heterocycles. The first-order chi connectivity index (χ1) is 11.0. The molecule has 0 radical (unpaired) electrons. The third-order valence-corrected chi connectivity index (χ3v) is 4.02. The van der Waals surface area contributed by atoms with Gasteiger partial charge in [-0.3, -0.25) is 4.79 Å². The maximum Gasteiger partial charge on any atom is 0.272 e. The molecule has 7 nitrogen and oxygen atoms in total. The third-order valence-electron chi connectivity index (χ3n) is 4.02. The van der Waals surface area contributed by atoms with Crippen molar-refractivity contribution in [2.75, 3.05) is 65.2 Å². The van der Waals surface area contributed by atoms with E-state index in [9.17, 15) is 4.79 Å². The predicted molar refractivity (Wildman–Crippen MR) is 91.8 cm³/mol. The number of hydrogen-bond acceptors (Lipinski definition) is 6. The van der Waals surface area contributed by atoms with E-state index >= 15 is 0 Å². The van der Waals surface area contributed by atoms with E-state index in [0.717, 1.165) is 51.5 Å². The second kappa shape index (κ2) is 8.21. The van der Waals surface area contributed by atoms with Gasteiger partial charge in [0.2, 0.25) is 5.95 Å². The molecule has 0 bridgehead atoms. The van der Waals surface area contributed by atoms with Crippen LogP contribution in [-0.4, -0.2) is 90.5 Å². The summed E-state index contributed by atoms with van der Waals surface area (Å²) in [7, 11) is 4.04. The van der Waals surface area contributed by atoms with Gasteiger partial charge in [0.1, 0.15) is 5.69 Å². The zero-order valence-corrected chi connectivity index (χ0v) is 14.7. The number of likely N-dealkylation sites (N-methyl/N-ethyl adjacent to an activating group) is 2. The van der Waals surface area contributed by atoms with Gasteiger partial charge >= 0.3 is 0 Å². The number of rotatable bonds is 6. The summed E-state index contributed by atoms with van der Waals surface area (Å²) in [6, 6.07) is 1.77. The van der Waals surface area contributed by atoms with Crippen LogP contribution in [0, 0.1) is 6.92 Å². The van der Waals surface area contributed by atoms with Crippen LogP contribution < -0.4 is 5.32 Å². The molecular weight excluding hydrogens is 292 g/mol. The van der Waals surface area contributed by atoms with Crippen LogP contribution in [0.1, 0.15) is 23.1 Å². The average molecular weight is 320 g/mol. The molecule has 0 saturated carbocycles. The minimum absolute atomic E-state index is 0.00177. The Morgan fingerprint density at radius 3 is 2.57 bits per heavy atom. The maximum absolute atomic E-state index is 12.7. The molecule has 0 spiro atoms. The van der Waals surface area contributed by atoms with Crippen LogP contribution in [0.4, 0.5) is 5.95 Å². The molecular formula is C16H28N6O. The lowest BCUT2D eigenvalue weighted by Gasteiger charge is -2.33. The van der Waals surface area contributed by atoms with E-state index in [0.29, 0.717) is 11.6 Å². The molecule has 0 aliphatic carbocycles. The summed E-state index contributed by atoms with van der Waals surface area (Å²) in [5, 5.41) is 3.19. The number of anilines is 1. The SMILES string of the molecule is CCN1CCN(C(=O)c2cc(C)nc(NCCN(C)C)n2)CC1. The highest BCUT2D eigenvalue weighted by atomic mass is 16.2. The first kappa shape index (κ1) is 17.6. The van der Waals surface area contributed by atoms with Crippen LogP contribution in [0.15, 0.2) is 6.07 Å². The van der Waals surface area contributed by atoms with E-state index in [1.165, 1.54) is 0 Å². The lowest BCUT2D eigenvalue weighted by Crippen LogP contribution is -2.48. The fourth-order valence-electron chi connectivity index (χ4n) is 2.58. The van der Waals surface area contributed by atoms with Gasteiger partial charge in [0, 0.05) is 45.0 Å². The van der Waals surface area contributed by atoms with Crippen molar-refractivity contribution in [3.05, 3.63) is 17.5 Å². The number of aryl methyl sites for hydroxylation is 1. The summed E-state index contributed by atoms with van der Waals surface area (Å²) in [6.07, 6.45) is 0. The van der Waals surface area contributed by atoms with Crippen molar-refractivity contribution >= 4 is 11.9 Å². The fourth-order valence-corrected chi connectivity index (χ4v) is 2.58. The Morgan fingerprint density at radius 2 is 1.96 bits per heavy atom. The Hall–Kier alpha value is -1.73. The summed E-state index contributed by atoms with van der Waals surface area (Å²) < 4.78 is 0. The molecule has 7 heteroatoms. The highest BCUT2D eigenvalue weighted by Gasteiger charge is 2.22. The minimum Gasteiger partial charge on any atom is -0.353 e. The number of carbonyl (C=O) groups is 1. The van der Waals surface area contributed by atoms with Crippen molar-refractivity contribution in [2.45, 2.75) is 13.8 Å². The molecule has 1 aliphatic heterocycles. The molecule has 128 valence electrons. The van der Waals surface area contributed by atoms with Crippen LogP contribution in [0.25, 0.3) is 0 Å². The molecule has 1 aromatic rings. The monoisotopic (exact) mass is 320 g/mol. The van der Waals surface area contributed by atoms with Crippen molar-refractivity contribution in [1.29, 1.82) is 0 Å². The topological polar surface area (TPSA) is 64.6 Å². The van der Waals surface area contributed by atoms with Crippen molar-refractivity contribution in [3.8, 4) is 0 Å². The standard InChI is InChI=1S/C16H28N6O/c1-5-21-8-10-22(11-9-21)15(23)14-12-13(2)18-16(19-14)17-6-7-20(3)4/h12H,5-11H2,1-4H3,(H,17,18,19). The summed E-state index contributed by atoms with van der Waals surface area (Å²) in [5.41, 5.74) is 1.29. The van der Waals surface area contributed by atoms with E-state index < -0.39 is 0 Å². The van der Waals surface area contributed by atoms with Crippen molar-refractivity contribution < 1.29 is 4.79 Å². The summed E-state index contributed by atoms with van der Waals surface area (Å²) >= 11 is 0. The largest absolute Gasteiger partial charge is 0.353 e. The molecule has 1 N–H and O–H groups in total. The number of nitrogens with one attached hydrogen (secondary N) is 1. The average Bonchev–Trinajstić information content (AvgIpc) is 2.53. The van der Waals surface area contributed by atoms with E-state index in [2.05, 4.69) is 32.0 Å². The Kier molecular flexibility index (Phi) is 6.29. The Labute approximate surface area is 138 Å². The molecule has 2 rings (SSSR count). The molecule has 1 fully saturated rings. The van der Waals surface area contributed by atoms with E-state index in [-0.39, 0.29) is 5.91 Å². The van der Waals surface area contributed by atoms with Gasteiger partial charge in [-0.05, 0) is 33.6 Å². The zero-order chi connectivity index (χ0) is 16.8. The highest BCUT2D eigenvalue weighted by molar-refractivity contribution is 5.92. The van der Waals surface area contributed by atoms with Gasteiger partial charge in [-0.2, -0.15) is 0 Å². The highest BCUT2D eigenvalue weighted by Crippen LogP contribution is 2.10. The molecule has 1 aromatic heterocycles. The Bertz CT molecular complexity index is 525. The van der Waals surface area contributed by atoms with Gasteiger partial charge in [-0.25, -0.2) is 9.97 Å². The van der Waals surface area contributed by atoms with Gasteiger partial charge in [-0.1, -0.05) is 6.92 Å². The van der Waals surface area contributed by atoms with Gasteiger partial charge in [-0.15, -0.1) is 0 Å². The first-order valence-corrected chi connectivity index (χ1v) is 8.25. The summed E-state index contributed by atoms with van der Waals surface area (Å²) in [5.74, 6) is 0.532. The molecule has 0 aromatic carbocycles. The van der Waals surface area contributed by atoms with Crippen molar-refractivity contribution in [2.24, 2.45) is 0 Å². The van der Waals surface area contributed by atoms with Gasteiger partial charge in [0.05, 0.1) is 0 Å². The third kappa shape index (κ3) is 5.14. The zero-order valence-electron chi connectivity index (χ0n) is 14.7. The smallest absolute Gasteiger partial charge is 0.272 e. The predicted octanol–water partition coefficient (Wildman–Crippen LogP) is 0.536. The second-order valence-corrected chi connectivity index (χ2v) is 6.17. The fraction of sp³-hybridized carbons (Fsp3) is 0.688. The van der Waals surface area contributed by atoms with Crippen LogP contribution >= 0.6 is 0 Å². The van der Waals surface area contributed by atoms with Crippen LogP contribution in [0.2, 0.25) is 0 Å². The number of aromatic nitrogens is 2. The van der Waals surface area contributed by atoms with Crippen molar-refractivity contribution in [3.63, 3.8) is 0 Å². The first-order valence-electron chi connectivity index (χ1n) is 8.25. The number of amides is 1. The minimum atomic E-state index is 0.00177. The van der Waals surface area contributed by atoms with Gasteiger partial charge in [0.15, 0.2) is 0 Å². The normalized spacial score (nSPS) is 16.0. The van der Waals surface area contributed by atoms with E-state index in [1.54, 1.807) is 6.07 Å². The van der Waals surface area contributed by atoms with E-state index in [1.807, 2.05) is 25.9 Å². The molecule has 23 heavy (non-hydrogen) atoms. The summed E-state index contributed by atoms with van der Waals surface area (Å²) in [4.78, 5) is 27.7. The molecule has 0 unspecified atom stereocenters. The Balaban J connectivity index is 2.01. The van der Waals surface area contributed by atoms with Gasteiger partial charge < -0.3 is 20.0 Å². The molecule has 1 saturated heterocycles. The molecule has 0 atom stereocenters. The van der Waals surface area contributed by atoms with Gasteiger partial charge in [0.25, 0.3) is 5.91 Å². The number of hydrogen-bond donors (Lipinski definition) is 1. The molecule has 1 amide bonds. The van der Waals surface area contributed by atoms with E-state index in [4.69, 9.17) is 0 Å². The molecule has 1 aliphatic rings. The lowest BCUT2D eigenvalue weighted by atomic mass is 10.2. The summed E-state index contributed by atoms with van der Waals surface area (Å²) in [6.45, 7) is 10.1.